The topological polar surface area (TPSA) is 93.7 Å². The number of hydrogen-bond donors (Lipinski definition) is 2. The van der Waals surface area contributed by atoms with Crippen molar-refractivity contribution in [2.75, 3.05) is 13.2 Å². The molecule has 0 saturated heterocycles. The van der Waals surface area contributed by atoms with Crippen LogP contribution in [0.3, 0.4) is 0 Å². The fourth-order valence-electron chi connectivity index (χ4n) is 1.61. The Morgan fingerprint density at radius 3 is 2.41 bits per heavy atom. The number of esters is 1. The second-order valence-electron chi connectivity index (χ2n) is 4.87. The minimum atomic E-state index is -0.670. The van der Waals surface area contributed by atoms with Crippen molar-refractivity contribution in [3.63, 3.8) is 0 Å². The van der Waals surface area contributed by atoms with Gasteiger partial charge in [0.1, 0.15) is 5.75 Å². The number of amides is 2. The van der Waals surface area contributed by atoms with E-state index in [0.717, 1.165) is 5.56 Å². The van der Waals surface area contributed by atoms with E-state index in [0.29, 0.717) is 5.75 Å². The first-order valence-corrected chi connectivity index (χ1v) is 6.83. The Morgan fingerprint density at radius 1 is 1.09 bits per heavy atom. The third-order valence-electron chi connectivity index (χ3n) is 2.63. The highest BCUT2D eigenvalue weighted by molar-refractivity contribution is 5.83. The van der Waals surface area contributed by atoms with Crippen molar-refractivity contribution in [1.82, 2.24) is 10.9 Å². The highest BCUT2D eigenvalue weighted by Crippen LogP contribution is 2.25. The summed E-state index contributed by atoms with van der Waals surface area (Å²) < 4.78 is 10.1. The molecule has 1 rings (SSSR count). The van der Waals surface area contributed by atoms with Gasteiger partial charge in [-0.1, -0.05) is 32.0 Å². The van der Waals surface area contributed by atoms with E-state index in [1.807, 2.05) is 32.0 Å². The Kier molecular flexibility index (Phi) is 6.88. The summed E-state index contributed by atoms with van der Waals surface area (Å²) in [4.78, 5) is 33.3. The average molecular weight is 308 g/mol. The molecule has 0 aliphatic heterocycles. The van der Waals surface area contributed by atoms with Gasteiger partial charge in [0.15, 0.2) is 13.2 Å². The van der Waals surface area contributed by atoms with E-state index in [4.69, 9.17) is 9.47 Å². The van der Waals surface area contributed by atoms with Gasteiger partial charge in [-0.25, -0.2) is 4.79 Å². The van der Waals surface area contributed by atoms with Crippen molar-refractivity contribution < 1.29 is 23.9 Å². The normalized spacial score (nSPS) is 10.0. The number of benzene rings is 1. The Balaban J connectivity index is 2.38. The summed E-state index contributed by atoms with van der Waals surface area (Å²) in [6.07, 6.45) is 0. The van der Waals surface area contributed by atoms with Gasteiger partial charge in [0.05, 0.1) is 0 Å². The minimum absolute atomic E-state index is 0.260. The molecule has 0 atom stereocenters. The van der Waals surface area contributed by atoms with Gasteiger partial charge in [0.2, 0.25) is 5.91 Å². The molecular formula is C15H20N2O5. The molecule has 0 radical (unpaired) electrons. The molecule has 0 saturated carbocycles. The van der Waals surface area contributed by atoms with Gasteiger partial charge >= 0.3 is 5.97 Å². The van der Waals surface area contributed by atoms with Gasteiger partial charge in [-0.05, 0) is 17.5 Å². The van der Waals surface area contributed by atoms with E-state index >= 15 is 0 Å². The molecule has 2 amide bonds. The molecule has 2 N–H and O–H groups in total. The van der Waals surface area contributed by atoms with Crippen LogP contribution >= 0.6 is 0 Å². The van der Waals surface area contributed by atoms with Gasteiger partial charge in [0, 0.05) is 6.92 Å². The molecule has 0 unspecified atom stereocenters. The first kappa shape index (κ1) is 17.5. The van der Waals surface area contributed by atoms with Crippen LogP contribution in [0.4, 0.5) is 0 Å². The third-order valence-corrected chi connectivity index (χ3v) is 2.63. The molecule has 0 aliphatic carbocycles. The second kappa shape index (κ2) is 8.66. The minimum Gasteiger partial charge on any atom is -0.482 e. The van der Waals surface area contributed by atoms with Gasteiger partial charge in [-0.15, -0.1) is 0 Å². The number of carbonyl (C=O) groups excluding carboxylic acids is 3. The predicted molar refractivity (Wildman–Crippen MR) is 78.9 cm³/mol. The van der Waals surface area contributed by atoms with Gasteiger partial charge in [-0.3, -0.25) is 20.4 Å². The van der Waals surface area contributed by atoms with Crippen LogP contribution in [0.2, 0.25) is 0 Å². The third kappa shape index (κ3) is 6.25. The SMILES string of the molecule is CC(=O)NNC(=O)COC(=O)COc1ccccc1C(C)C. The number of rotatable bonds is 6. The van der Waals surface area contributed by atoms with Crippen LogP contribution < -0.4 is 15.6 Å². The van der Waals surface area contributed by atoms with Crippen LogP contribution in [0.15, 0.2) is 24.3 Å². The van der Waals surface area contributed by atoms with E-state index in [2.05, 4.69) is 10.9 Å². The fraction of sp³-hybridized carbons (Fsp3) is 0.400. The summed E-state index contributed by atoms with van der Waals surface area (Å²) >= 11 is 0. The number of hydrogen-bond acceptors (Lipinski definition) is 5. The standard InChI is InChI=1S/C15H20N2O5/c1-10(2)12-6-4-5-7-13(12)21-9-15(20)22-8-14(19)17-16-11(3)18/h4-7,10H,8-9H2,1-3H3,(H,16,18)(H,17,19). The summed E-state index contributed by atoms with van der Waals surface area (Å²) in [6.45, 7) is 4.50. The lowest BCUT2D eigenvalue weighted by molar-refractivity contribution is -0.150. The second-order valence-corrected chi connectivity index (χ2v) is 4.87. The summed E-state index contributed by atoms with van der Waals surface area (Å²) in [5, 5.41) is 0. The fourth-order valence-corrected chi connectivity index (χ4v) is 1.61. The first-order chi connectivity index (χ1) is 10.4. The van der Waals surface area contributed by atoms with Crippen molar-refractivity contribution in [3.8, 4) is 5.75 Å². The van der Waals surface area contributed by atoms with Crippen LogP contribution in [-0.2, 0) is 19.1 Å². The van der Waals surface area contributed by atoms with Crippen LogP contribution in [0.5, 0.6) is 5.75 Å². The molecule has 1 aromatic carbocycles. The number of hydrazine groups is 1. The number of ether oxygens (including phenoxy) is 2. The summed E-state index contributed by atoms with van der Waals surface area (Å²) in [6, 6.07) is 7.40. The van der Waals surface area contributed by atoms with Crippen molar-refractivity contribution in [3.05, 3.63) is 29.8 Å². The molecular weight excluding hydrogens is 288 g/mol. The lowest BCUT2D eigenvalue weighted by Crippen LogP contribution is -2.42. The molecule has 0 spiro atoms. The predicted octanol–water partition coefficient (Wildman–Crippen LogP) is 0.899. The first-order valence-electron chi connectivity index (χ1n) is 6.83. The highest BCUT2D eigenvalue weighted by Gasteiger charge is 2.11. The van der Waals surface area contributed by atoms with Crippen LogP contribution in [0.1, 0.15) is 32.3 Å². The molecule has 0 aliphatic rings. The summed E-state index contributed by atoms with van der Waals surface area (Å²) in [5.74, 6) is -0.858. The zero-order valence-corrected chi connectivity index (χ0v) is 12.8. The van der Waals surface area contributed by atoms with Crippen LogP contribution in [-0.4, -0.2) is 31.0 Å². The Hall–Kier alpha value is -2.57. The lowest BCUT2D eigenvalue weighted by atomic mass is 10.0. The molecule has 22 heavy (non-hydrogen) atoms. The zero-order valence-electron chi connectivity index (χ0n) is 12.8. The van der Waals surface area contributed by atoms with Crippen LogP contribution in [0.25, 0.3) is 0 Å². The highest BCUT2D eigenvalue weighted by atomic mass is 16.6. The molecule has 0 aromatic heterocycles. The molecule has 1 aromatic rings. The number of para-hydroxylation sites is 1. The maximum absolute atomic E-state index is 11.5. The van der Waals surface area contributed by atoms with Crippen molar-refractivity contribution in [1.29, 1.82) is 0 Å². The molecule has 7 nitrogen and oxygen atoms in total. The van der Waals surface area contributed by atoms with Gasteiger partial charge in [-0.2, -0.15) is 0 Å². The lowest BCUT2D eigenvalue weighted by Gasteiger charge is -2.13. The largest absolute Gasteiger partial charge is 0.482 e. The van der Waals surface area contributed by atoms with E-state index in [-0.39, 0.29) is 12.5 Å². The van der Waals surface area contributed by atoms with E-state index < -0.39 is 24.4 Å². The van der Waals surface area contributed by atoms with Crippen LogP contribution in [0, 0.1) is 0 Å². The van der Waals surface area contributed by atoms with Gasteiger partial charge in [0.25, 0.3) is 5.91 Å². The average Bonchev–Trinajstić information content (AvgIpc) is 2.48. The number of carbonyl (C=O) groups is 3. The zero-order chi connectivity index (χ0) is 16.5. The summed E-state index contributed by atoms with van der Waals surface area (Å²) in [7, 11) is 0. The number of nitrogens with one attached hydrogen (secondary N) is 2. The molecule has 0 bridgehead atoms. The molecule has 0 fully saturated rings. The Morgan fingerprint density at radius 2 is 1.77 bits per heavy atom. The monoisotopic (exact) mass is 308 g/mol. The van der Waals surface area contributed by atoms with Crippen molar-refractivity contribution in [2.45, 2.75) is 26.7 Å². The maximum Gasteiger partial charge on any atom is 0.344 e. The van der Waals surface area contributed by atoms with E-state index in [1.54, 1.807) is 6.07 Å². The summed E-state index contributed by atoms with van der Waals surface area (Å²) in [5.41, 5.74) is 5.15. The van der Waals surface area contributed by atoms with E-state index in [1.165, 1.54) is 6.92 Å². The smallest absolute Gasteiger partial charge is 0.344 e. The quantitative estimate of drug-likeness (QED) is 0.601. The van der Waals surface area contributed by atoms with Gasteiger partial charge < -0.3 is 9.47 Å². The molecule has 120 valence electrons. The Labute approximate surface area is 128 Å². The molecule has 7 heteroatoms. The Bertz CT molecular complexity index is 542. The maximum atomic E-state index is 11.5. The van der Waals surface area contributed by atoms with Crippen molar-refractivity contribution >= 4 is 17.8 Å². The van der Waals surface area contributed by atoms with Crippen molar-refractivity contribution in [2.24, 2.45) is 0 Å². The van der Waals surface area contributed by atoms with E-state index in [9.17, 15) is 14.4 Å². The molecule has 0 heterocycles.